The van der Waals surface area contributed by atoms with E-state index < -0.39 is 14.6 Å². The summed E-state index contributed by atoms with van der Waals surface area (Å²) in [6.45, 7) is 10.1. The molecule has 8 heteroatoms. The van der Waals surface area contributed by atoms with Crippen LogP contribution < -0.4 is 0 Å². The van der Waals surface area contributed by atoms with Crippen molar-refractivity contribution in [3.63, 3.8) is 0 Å². The van der Waals surface area contributed by atoms with Crippen molar-refractivity contribution in [3.8, 4) is 0 Å². The van der Waals surface area contributed by atoms with E-state index in [4.69, 9.17) is 18.1 Å². The molecule has 0 aromatic heterocycles. The Kier molecular flexibility index (Phi) is 45.1. The van der Waals surface area contributed by atoms with Crippen molar-refractivity contribution >= 4 is 14.6 Å². The Hall–Kier alpha value is 0.300. The summed E-state index contributed by atoms with van der Waals surface area (Å²) in [4.78, 5) is 0. The zero-order valence-electron chi connectivity index (χ0n) is 38.5. The van der Waals surface area contributed by atoms with Crippen LogP contribution in [0, 0.1) is 0 Å². The molecule has 0 aliphatic carbocycles. The van der Waals surface area contributed by atoms with Crippen molar-refractivity contribution in [1.82, 2.24) is 0 Å². The van der Waals surface area contributed by atoms with E-state index in [9.17, 15) is 9.13 Å². The highest BCUT2D eigenvalue weighted by Gasteiger charge is 2.51. The topological polar surface area (TPSA) is 71.1 Å². The van der Waals surface area contributed by atoms with Crippen molar-refractivity contribution in [3.05, 3.63) is 0 Å². The van der Waals surface area contributed by atoms with Gasteiger partial charge in [0.25, 0.3) is 0 Å². The van der Waals surface area contributed by atoms with Gasteiger partial charge in [0.15, 0.2) is 0 Å². The van der Waals surface area contributed by atoms with Gasteiger partial charge in [-0.05, 0) is 25.7 Å². The SMILES string of the molecule is CCCCCCCCCCCCOP(=O)(OCCCCCCCCCCCC)P(=O)(OCCCCCCCCCCCC)OCCCCCCCCCCCC. The highest BCUT2D eigenvalue weighted by atomic mass is 32.1. The molecule has 0 N–H and O–H groups in total. The lowest BCUT2D eigenvalue weighted by Crippen LogP contribution is -2.07. The van der Waals surface area contributed by atoms with Crippen LogP contribution in [0.25, 0.3) is 0 Å². The second-order valence-corrected chi connectivity index (χ2v) is 22.8. The summed E-state index contributed by atoms with van der Waals surface area (Å²) in [5.41, 5.74) is 0. The van der Waals surface area contributed by atoms with Crippen molar-refractivity contribution in [2.24, 2.45) is 0 Å². The highest BCUT2D eigenvalue weighted by molar-refractivity contribution is 8.27. The van der Waals surface area contributed by atoms with Crippen molar-refractivity contribution in [2.75, 3.05) is 26.4 Å². The van der Waals surface area contributed by atoms with E-state index in [0.717, 1.165) is 77.0 Å². The summed E-state index contributed by atoms with van der Waals surface area (Å²) in [5.74, 6) is 0. The monoisotopic (exact) mass is 835 g/mol. The summed E-state index contributed by atoms with van der Waals surface area (Å²) in [6.07, 6.45) is 48.2. The largest absolute Gasteiger partial charge is 0.441 e. The van der Waals surface area contributed by atoms with Gasteiger partial charge < -0.3 is 18.1 Å². The summed E-state index contributed by atoms with van der Waals surface area (Å²) >= 11 is 0. The average molecular weight is 835 g/mol. The third-order valence-corrected chi connectivity index (χ3v) is 17.1. The highest BCUT2D eigenvalue weighted by Crippen LogP contribution is 2.83. The third-order valence-electron chi connectivity index (χ3n) is 11.3. The van der Waals surface area contributed by atoms with Gasteiger partial charge in [-0.25, -0.2) is 9.13 Å². The van der Waals surface area contributed by atoms with E-state index in [1.54, 1.807) is 0 Å². The standard InChI is InChI=1S/C48H100O6P2/c1-5-9-13-17-21-25-29-33-37-41-45-51-55(49,52-46-42-38-34-30-26-22-18-14-10-6-2)56(50,53-47-43-39-35-31-27-23-19-15-11-7-3)54-48-44-40-36-32-28-24-20-16-12-8-4/h5-48H2,1-4H3. The molecule has 0 heterocycles. The van der Waals surface area contributed by atoms with Crippen molar-refractivity contribution in [2.45, 2.75) is 285 Å². The summed E-state index contributed by atoms with van der Waals surface area (Å²) in [6, 6.07) is 0. The second-order valence-electron chi connectivity index (χ2n) is 17.0. The Bertz CT molecular complexity index is 728. The van der Waals surface area contributed by atoms with Gasteiger partial charge in [0.1, 0.15) is 0 Å². The molecule has 0 unspecified atom stereocenters. The molecule has 338 valence electrons. The van der Waals surface area contributed by atoms with Crippen LogP contribution in [0.1, 0.15) is 285 Å². The molecule has 0 atom stereocenters. The Labute approximate surface area is 351 Å². The predicted octanol–water partition coefficient (Wildman–Crippen LogP) is 19.0. The molecular weight excluding hydrogens is 734 g/mol. The van der Waals surface area contributed by atoms with E-state index in [-0.39, 0.29) is 26.4 Å². The Morgan fingerprint density at radius 2 is 0.339 bits per heavy atom. The maximum absolute atomic E-state index is 14.6. The van der Waals surface area contributed by atoms with Gasteiger partial charge in [-0.3, -0.25) is 0 Å². The molecule has 0 bridgehead atoms. The van der Waals surface area contributed by atoms with Gasteiger partial charge >= 0.3 is 14.6 Å². The first-order valence-electron chi connectivity index (χ1n) is 25.3. The van der Waals surface area contributed by atoms with Crippen LogP contribution in [0.3, 0.4) is 0 Å². The minimum absolute atomic E-state index is 0.263. The molecule has 0 aliphatic heterocycles. The quantitative estimate of drug-likeness (QED) is 0.0449. The maximum Gasteiger partial charge on any atom is 0.441 e. The number of hydrogen-bond acceptors (Lipinski definition) is 6. The smallest absolute Gasteiger partial charge is 0.300 e. The third kappa shape index (κ3) is 36.2. The van der Waals surface area contributed by atoms with Gasteiger partial charge in [0.05, 0.1) is 26.4 Å². The molecule has 0 fully saturated rings. The van der Waals surface area contributed by atoms with E-state index in [2.05, 4.69) is 27.7 Å². The van der Waals surface area contributed by atoms with Crippen molar-refractivity contribution < 1.29 is 27.2 Å². The molecule has 0 saturated carbocycles. The molecular formula is C48H100O6P2. The maximum atomic E-state index is 14.6. The summed E-state index contributed by atoms with van der Waals surface area (Å²) in [5, 5.41) is 0. The normalized spacial score (nSPS) is 12.3. The molecule has 56 heavy (non-hydrogen) atoms. The number of unbranched alkanes of at least 4 members (excludes halogenated alkanes) is 36. The zero-order chi connectivity index (χ0) is 40.9. The molecule has 0 aliphatic rings. The molecule has 0 aromatic carbocycles. The lowest BCUT2D eigenvalue weighted by atomic mass is 10.1. The molecule has 0 saturated heterocycles. The lowest BCUT2D eigenvalue weighted by molar-refractivity contribution is 0.171. The number of rotatable bonds is 49. The predicted molar refractivity (Wildman–Crippen MR) is 246 cm³/mol. The first-order valence-corrected chi connectivity index (χ1v) is 29.1. The van der Waals surface area contributed by atoms with Crippen LogP contribution in [0.4, 0.5) is 0 Å². The lowest BCUT2D eigenvalue weighted by Gasteiger charge is -2.26. The van der Waals surface area contributed by atoms with Crippen LogP contribution in [0.15, 0.2) is 0 Å². The van der Waals surface area contributed by atoms with Gasteiger partial charge in [-0.15, -0.1) is 0 Å². The van der Waals surface area contributed by atoms with Gasteiger partial charge in [0.2, 0.25) is 0 Å². The summed E-state index contributed by atoms with van der Waals surface area (Å²) < 4.78 is 53.6. The molecule has 0 amide bonds. The van der Waals surface area contributed by atoms with Crippen LogP contribution in [0.2, 0.25) is 0 Å². The van der Waals surface area contributed by atoms with Crippen LogP contribution >= 0.6 is 14.6 Å². The molecule has 0 spiro atoms. The van der Waals surface area contributed by atoms with Crippen LogP contribution in [0.5, 0.6) is 0 Å². The second kappa shape index (κ2) is 44.8. The van der Waals surface area contributed by atoms with Crippen LogP contribution in [-0.4, -0.2) is 26.4 Å². The van der Waals surface area contributed by atoms with Crippen LogP contribution in [-0.2, 0) is 27.2 Å². The fraction of sp³-hybridized carbons (Fsp3) is 1.00. The molecule has 6 nitrogen and oxygen atoms in total. The fourth-order valence-electron chi connectivity index (χ4n) is 7.44. The van der Waals surface area contributed by atoms with Gasteiger partial charge in [0, 0.05) is 0 Å². The van der Waals surface area contributed by atoms with E-state index in [0.29, 0.717) is 0 Å². The molecule has 0 rings (SSSR count). The minimum atomic E-state index is -4.14. The van der Waals surface area contributed by atoms with Crippen molar-refractivity contribution in [1.29, 1.82) is 0 Å². The van der Waals surface area contributed by atoms with E-state index in [1.807, 2.05) is 0 Å². The summed E-state index contributed by atoms with van der Waals surface area (Å²) in [7, 11) is -8.29. The fourth-order valence-corrected chi connectivity index (χ4v) is 12.3. The molecule has 0 aromatic rings. The average Bonchev–Trinajstić information content (AvgIpc) is 3.20. The Morgan fingerprint density at radius 3 is 0.482 bits per heavy atom. The Balaban J connectivity index is 5.19. The zero-order valence-corrected chi connectivity index (χ0v) is 40.2. The van der Waals surface area contributed by atoms with Gasteiger partial charge in [-0.2, -0.15) is 0 Å². The first kappa shape index (κ1) is 56.3. The van der Waals surface area contributed by atoms with Gasteiger partial charge in [-0.1, -0.05) is 259 Å². The minimum Gasteiger partial charge on any atom is -0.300 e. The van der Waals surface area contributed by atoms with E-state index in [1.165, 1.54) is 180 Å². The Morgan fingerprint density at radius 1 is 0.214 bits per heavy atom. The number of hydrogen-bond donors (Lipinski definition) is 0. The van der Waals surface area contributed by atoms with E-state index >= 15 is 0 Å². The first-order chi connectivity index (χ1) is 27.5. The molecule has 0 radical (unpaired) electrons.